The van der Waals surface area contributed by atoms with Crippen molar-refractivity contribution in [1.29, 1.82) is 0 Å². The molecule has 1 aliphatic carbocycles. The Morgan fingerprint density at radius 1 is 1.30 bits per heavy atom. The molecule has 0 aromatic carbocycles. The number of thioether (sulfide) groups is 1. The van der Waals surface area contributed by atoms with Crippen LogP contribution in [0.15, 0.2) is 0 Å². The quantitative estimate of drug-likeness (QED) is 0.746. The molecule has 5 heteroatoms. The van der Waals surface area contributed by atoms with Crippen molar-refractivity contribution in [3.63, 3.8) is 0 Å². The Bertz CT molecular complexity index is 368. The molecule has 0 bridgehead atoms. The summed E-state index contributed by atoms with van der Waals surface area (Å²) < 4.78 is 23.6. The second kappa shape index (κ2) is 8.64. The van der Waals surface area contributed by atoms with Gasteiger partial charge in [-0.3, -0.25) is 0 Å². The fourth-order valence-corrected chi connectivity index (χ4v) is 5.10. The van der Waals surface area contributed by atoms with Gasteiger partial charge in [0.05, 0.1) is 5.25 Å². The summed E-state index contributed by atoms with van der Waals surface area (Å²) in [6, 6.07) is 0.465. The maximum absolute atomic E-state index is 11.8. The van der Waals surface area contributed by atoms with E-state index >= 15 is 0 Å². The highest BCUT2D eigenvalue weighted by Crippen LogP contribution is 2.32. The van der Waals surface area contributed by atoms with Crippen molar-refractivity contribution in [3.05, 3.63) is 0 Å². The lowest BCUT2D eigenvalue weighted by Crippen LogP contribution is -2.43. The monoisotopic (exact) mass is 321 g/mol. The molecular formula is C15H31NO2S2. The van der Waals surface area contributed by atoms with Gasteiger partial charge in [0.1, 0.15) is 9.84 Å². The molecule has 3 unspecified atom stereocenters. The van der Waals surface area contributed by atoms with Crippen LogP contribution in [0.1, 0.15) is 52.9 Å². The van der Waals surface area contributed by atoms with Gasteiger partial charge in [-0.15, -0.1) is 0 Å². The molecule has 0 aromatic heterocycles. The predicted molar refractivity (Wildman–Crippen MR) is 90.3 cm³/mol. The Morgan fingerprint density at radius 2 is 2.00 bits per heavy atom. The van der Waals surface area contributed by atoms with Gasteiger partial charge >= 0.3 is 0 Å². The van der Waals surface area contributed by atoms with Crippen LogP contribution in [0.4, 0.5) is 0 Å². The van der Waals surface area contributed by atoms with Crippen molar-refractivity contribution in [2.45, 2.75) is 69.4 Å². The van der Waals surface area contributed by atoms with E-state index in [0.29, 0.717) is 17.2 Å². The molecule has 20 heavy (non-hydrogen) atoms. The lowest BCUT2D eigenvalue weighted by Gasteiger charge is -2.34. The van der Waals surface area contributed by atoms with E-state index in [-0.39, 0.29) is 5.25 Å². The lowest BCUT2D eigenvalue weighted by atomic mass is 9.84. The summed E-state index contributed by atoms with van der Waals surface area (Å²) in [7, 11) is -2.88. The van der Waals surface area contributed by atoms with Gasteiger partial charge in [-0.25, -0.2) is 8.42 Å². The SMILES string of the molecule is CCCNC(CSC(C)C)C1CCCC(S(C)(=O)=O)C1. The minimum atomic E-state index is -2.88. The molecule has 1 N–H and O–H groups in total. The van der Waals surface area contributed by atoms with Crippen molar-refractivity contribution in [2.24, 2.45) is 5.92 Å². The summed E-state index contributed by atoms with van der Waals surface area (Å²) in [5.41, 5.74) is 0. The van der Waals surface area contributed by atoms with E-state index in [0.717, 1.165) is 38.0 Å². The summed E-state index contributed by atoms with van der Waals surface area (Å²) in [6.45, 7) is 7.66. The second-order valence-electron chi connectivity index (χ2n) is 6.32. The Hall–Kier alpha value is 0.260. The molecule has 3 atom stereocenters. The third-order valence-corrected chi connectivity index (χ3v) is 6.96. The van der Waals surface area contributed by atoms with E-state index in [1.54, 1.807) is 0 Å². The van der Waals surface area contributed by atoms with Crippen molar-refractivity contribution < 1.29 is 8.42 Å². The minimum absolute atomic E-state index is 0.115. The molecule has 3 nitrogen and oxygen atoms in total. The summed E-state index contributed by atoms with van der Waals surface area (Å²) in [5, 5.41) is 4.17. The smallest absolute Gasteiger partial charge is 0.150 e. The van der Waals surface area contributed by atoms with Crippen LogP contribution < -0.4 is 5.32 Å². The van der Waals surface area contributed by atoms with Crippen LogP contribution in [0.25, 0.3) is 0 Å². The summed E-state index contributed by atoms with van der Waals surface area (Å²) in [4.78, 5) is 0. The number of hydrogen-bond donors (Lipinski definition) is 1. The van der Waals surface area contributed by atoms with Crippen LogP contribution >= 0.6 is 11.8 Å². The third-order valence-electron chi connectivity index (χ3n) is 4.11. The van der Waals surface area contributed by atoms with Crippen LogP contribution in [0, 0.1) is 5.92 Å². The Morgan fingerprint density at radius 3 is 2.55 bits per heavy atom. The maximum Gasteiger partial charge on any atom is 0.150 e. The van der Waals surface area contributed by atoms with Crippen molar-refractivity contribution in [1.82, 2.24) is 5.32 Å². The minimum Gasteiger partial charge on any atom is -0.313 e. The fraction of sp³-hybridized carbons (Fsp3) is 1.00. The number of hydrogen-bond acceptors (Lipinski definition) is 4. The van der Waals surface area contributed by atoms with Crippen LogP contribution in [-0.2, 0) is 9.84 Å². The topological polar surface area (TPSA) is 46.2 Å². The average Bonchev–Trinajstić information content (AvgIpc) is 2.38. The van der Waals surface area contributed by atoms with Crippen LogP contribution in [0.3, 0.4) is 0 Å². The normalized spacial score (nSPS) is 25.9. The fourth-order valence-electron chi connectivity index (χ4n) is 2.92. The number of nitrogens with one attached hydrogen (secondary N) is 1. The van der Waals surface area contributed by atoms with Gasteiger partial charge in [0.15, 0.2) is 0 Å². The largest absolute Gasteiger partial charge is 0.313 e. The molecule has 120 valence electrons. The van der Waals surface area contributed by atoms with E-state index < -0.39 is 9.84 Å². The Labute approximate surface area is 129 Å². The van der Waals surface area contributed by atoms with Gasteiger partial charge in [-0.2, -0.15) is 11.8 Å². The zero-order chi connectivity index (χ0) is 15.2. The molecule has 0 aliphatic heterocycles. The number of sulfone groups is 1. The van der Waals surface area contributed by atoms with Crippen LogP contribution in [-0.4, -0.2) is 43.5 Å². The van der Waals surface area contributed by atoms with Gasteiger partial charge in [0, 0.05) is 18.1 Å². The van der Waals surface area contributed by atoms with Crippen LogP contribution in [0.5, 0.6) is 0 Å². The zero-order valence-electron chi connectivity index (χ0n) is 13.4. The molecule has 0 radical (unpaired) electrons. The standard InChI is InChI=1S/C15H31NO2S2/c1-5-9-16-15(11-19-12(2)3)13-7-6-8-14(10-13)20(4,17)18/h12-16H,5-11H2,1-4H3. The highest BCUT2D eigenvalue weighted by atomic mass is 32.2. The van der Waals surface area contributed by atoms with Gasteiger partial charge in [0.2, 0.25) is 0 Å². The third kappa shape index (κ3) is 6.35. The van der Waals surface area contributed by atoms with Crippen LogP contribution in [0.2, 0.25) is 0 Å². The molecule has 0 aromatic rings. The molecule has 1 fully saturated rings. The molecule has 1 saturated carbocycles. The van der Waals surface area contributed by atoms with Gasteiger partial charge in [-0.05, 0) is 43.4 Å². The van der Waals surface area contributed by atoms with E-state index in [4.69, 9.17) is 0 Å². The first-order valence-corrected chi connectivity index (χ1v) is 10.9. The molecule has 0 heterocycles. The zero-order valence-corrected chi connectivity index (χ0v) is 15.0. The Balaban J connectivity index is 2.63. The molecule has 0 saturated heterocycles. The highest BCUT2D eigenvalue weighted by Gasteiger charge is 2.32. The van der Waals surface area contributed by atoms with Crippen molar-refractivity contribution in [2.75, 3.05) is 18.6 Å². The first-order chi connectivity index (χ1) is 9.34. The average molecular weight is 322 g/mol. The van der Waals surface area contributed by atoms with Crippen molar-refractivity contribution >= 4 is 21.6 Å². The van der Waals surface area contributed by atoms with Gasteiger partial charge in [0.25, 0.3) is 0 Å². The summed E-state index contributed by atoms with van der Waals surface area (Å²) in [5.74, 6) is 1.61. The Kier molecular flexibility index (Phi) is 7.91. The lowest BCUT2D eigenvalue weighted by molar-refractivity contribution is 0.286. The van der Waals surface area contributed by atoms with Crippen molar-refractivity contribution in [3.8, 4) is 0 Å². The van der Waals surface area contributed by atoms with E-state index in [9.17, 15) is 8.42 Å². The highest BCUT2D eigenvalue weighted by molar-refractivity contribution is 7.99. The second-order valence-corrected chi connectivity index (χ2v) is 10.3. The maximum atomic E-state index is 11.8. The number of rotatable bonds is 8. The molecule has 1 aliphatic rings. The molecule has 0 spiro atoms. The molecule has 0 amide bonds. The molecule has 1 rings (SSSR count). The summed E-state index contributed by atoms with van der Waals surface area (Å²) in [6.07, 6.45) is 6.46. The van der Waals surface area contributed by atoms with E-state index in [1.807, 2.05) is 11.8 Å². The van der Waals surface area contributed by atoms with Gasteiger partial charge in [-0.1, -0.05) is 27.2 Å². The predicted octanol–water partition coefficient (Wildman–Crippen LogP) is 3.10. The first-order valence-electron chi connectivity index (χ1n) is 7.88. The summed E-state index contributed by atoms with van der Waals surface area (Å²) >= 11 is 1.98. The van der Waals surface area contributed by atoms with E-state index in [1.165, 1.54) is 12.7 Å². The van der Waals surface area contributed by atoms with Gasteiger partial charge < -0.3 is 5.32 Å². The molecular weight excluding hydrogens is 290 g/mol. The van der Waals surface area contributed by atoms with E-state index in [2.05, 4.69) is 26.1 Å². The first kappa shape index (κ1) is 18.3.